The van der Waals surface area contributed by atoms with Crippen molar-refractivity contribution >= 4 is 23.1 Å². The molecule has 3 heterocycles. The summed E-state index contributed by atoms with van der Waals surface area (Å²) in [7, 11) is 0. The molecule has 3 rings (SSSR count). The van der Waals surface area contributed by atoms with E-state index in [1.54, 1.807) is 18.3 Å². The fourth-order valence-corrected chi connectivity index (χ4v) is 3.25. The standard InChI is InChI=1S/C15H21N5O2S/c1-11-14(9-22-18-11)17-15(21)20-5-3-4-19(6-7-20)8-13-10-23-12(2)16-13/h9-10H,3-8H2,1-2H3,(H,17,21). The molecule has 2 aromatic heterocycles. The molecule has 1 N–H and O–H groups in total. The summed E-state index contributed by atoms with van der Waals surface area (Å²) in [6, 6.07) is -0.0948. The predicted molar refractivity (Wildman–Crippen MR) is 88.6 cm³/mol. The Morgan fingerprint density at radius 1 is 1.35 bits per heavy atom. The number of aryl methyl sites for hydroxylation is 2. The van der Waals surface area contributed by atoms with Gasteiger partial charge in [0.05, 0.1) is 10.7 Å². The summed E-state index contributed by atoms with van der Waals surface area (Å²) < 4.78 is 4.85. The number of nitrogens with one attached hydrogen (secondary N) is 1. The topological polar surface area (TPSA) is 74.5 Å². The number of aromatic nitrogens is 2. The van der Waals surface area contributed by atoms with Crippen LogP contribution in [0.5, 0.6) is 0 Å². The summed E-state index contributed by atoms with van der Waals surface area (Å²) in [6.07, 6.45) is 2.42. The number of amides is 2. The van der Waals surface area contributed by atoms with E-state index in [2.05, 4.69) is 25.7 Å². The van der Waals surface area contributed by atoms with Gasteiger partial charge in [0, 0.05) is 38.1 Å². The Morgan fingerprint density at radius 3 is 2.91 bits per heavy atom. The Hall–Kier alpha value is -1.93. The maximum atomic E-state index is 12.4. The highest BCUT2D eigenvalue weighted by Gasteiger charge is 2.20. The predicted octanol–water partition coefficient (Wildman–Crippen LogP) is 2.49. The third-order valence-corrected chi connectivity index (χ3v) is 4.74. The minimum atomic E-state index is -0.0948. The second-order valence-corrected chi connectivity index (χ2v) is 6.78. The van der Waals surface area contributed by atoms with Crippen LogP contribution in [0.4, 0.5) is 10.5 Å². The highest BCUT2D eigenvalue weighted by Crippen LogP contribution is 2.15. The summed E-state index contributed by atoms with van der Waals surface area (Å²) in [5, 5.41) is 9.84. The van der Waals surface area contributed by atoms with E-state index in [1.165, 1.54) is 6.26 Å². The number of urea groups is 1. The highest BCUT2D eigenvalue weighted by atomic mass is 32.1. The van der Waals surface area contributed by atoms with Gasteiger partial charge in [0.15, 0.2) is 0 Å². The largest absolute Gasteiger partial charge is 0.362 e. The van der Waals surface area contributed by atoms with Crippen LogP contribution < -0.4 is 5.32 Å². The van der Waals surface area contributed by atoms with E-state index >= 15 is 0 Å². The lowest BCUT2D eigenvalue weighted by atomic mass is 10.3. The summed E-state index contributed by atoms with van der Waals surface area (Å²) >= 11 is 1.68. The van der Waals surface area contributed by atoms with Crippen LogP contribution in [0.3, 0.4) is 0 Å². The molecule has 1 aliphatic heterocycles. The van der Waals surface area contributed by atoms with E-state index in [1.807, 2.05) is 11.8 Å². The van der Waals surface area contributed by atoms with Gasteiger partial charge in [0.25, 0.3) is 0 Å². The lowest BCUT2D eigenvalue weighted by molar-refractivity contribution is 0.211. The third-order valence-electron chi connectivity index (χ3n) is 3.92. The quantitative estimate of drug-likeness (QED) is 0.933. The van der Waals surface area contributed by atoms with Crippen LogP contribution in [0.1, 0.15) is 22.8 Å². The van der Waals surface area contributed by atoms with Crippen LogP contribution in [-0.4, -0.2) is 52.2 Å². The molecule has 23 heavy (non-hydrogen) atoms. The normalized spacial score (nSPS) is 16.3. The molecule has 0 unspecified atom stereocenters. The van der Waals surface area contributed by atoms with Gasteiger partial charge in [-0.25, -0.2) is 9.78 Å². The second kappa shape index (κ2) is 7.10. The minimum absolute atomic E-state index is 0.0948. The second-order valence-electron chi connectivity index (χ2n) is 5.72. The molecule has 1 aliphatic rings. The zero-order valence-electron chi connectivity index (χ0n) is 13.4. The van der Waals surface area contributed by atoms with Crippen molar-refractivity contribution in [2.45, 2.75) is 26.8 Å². The number of anilines is 1. The molecule has 0 spiro atoms. The molecule has 1 fully saturated rings. The first kappa shape index (κ1) is 15.9. The van der Waals surface area contributed by atoms with E-state index in [0.717, 1.165) is 43.3 Å². The SMILES string of the molecule is Cc1nc(CN2CCCN(C(=O)Nc3conc3C)CC2)cs1. The maximum Gasteiger partial charge on any atom is 0.322 e. The number of rotatable bonds is 3. The Morgan fingerprint density at radius 2 is 2.22 bits per heavy atom. The van der Waals surface area contributed by atoms with Gasteiger partial charge in [0.1, 0.15) is 17.6 Å². The molecule has 0 bridgehead atoms. The Balaban J connectivity index is 1.53. The smallest absolute Gasteiger partial charge is 0.322 e. The zero-order valence-corrected chi connectivity index (χ0v) is 14.2. The molecular formula is C15H21N5O2S. The van der Waals surface area contributed by atoms with Crippen molar-refractivity contribution in [3.63, 3.8) is 0 Å². The number of hydrogen-bond donors (Lipinski definition) is 1. The van der Waals surface area contributed by atoms with Gasteiger partial charge in [-0.05, 0) is 20.3 Å². The van der Waals surface area contributed by atoms with Gasteiger partial charge in [-0.1, -0.05) is 5.16 Å². The molecule has 0 aromatic carbocycles. The molecule has 2 aromatic rings. The van der Waals surface area contributed by atoms with E-state index in [0.29, 0.717) is 17.9 Å². The average Bonchev–Trinajstić information content (AvgIpc) is 3.02. The Kier molecular flexibility index (Phi) is 4.92. The summed E-state index contributed by atoms with van der Waals surface area (Å²) in [5.74, 6) is 0. The first-order valence-corrected chi connectivity index (χ1v) is 8.60. The number of carbonyl (C=O) groups is 1. The monoisotopic (exact) mass is 335 g/mol. The third kappa shape index (κ3) is 4.08. The molecule has 0 saturated carbocycles. The minimum Gasteiger partial charge on any atom is -0.362 e. The van der Waals surface area contributed by atoms with Crippen molar-refractivity contribution in [2.75, 3.05) is 31.5 Å². The van der Waals surface area contributed by atoms with Gasteiger partial charge in [-0.3, -0.25) is 4.90 Å². The molecule has 7 nitrogen and oxygen atoms in total. The molecule has 0 atom stereocenters. The van der Waals surface area contributed by atoms with Gasteiger partial charge >= 0.3 is 6.03 Å². The van der Waals surface area contributed by atoms with Crippen molar-refractivity contribution in [3.8, 4) is 0 Å². The van der Waals surface area contributed by atoms with Crippen molar-refractivity contribution in [1.29, 1.82) is 0 Å². The first-order valence-electron chi connectivity index (χ1n) is 7.72. The van der Waals surface area contributed by atoms with Crippen LogP contribution in [0.15, 0.2) is 16.2 Å². The highest BCUT2D eigenvalue weighted by molar-refractivity contribution is 7.09. The van der Waals surface area contributed by atoms with Crippen molar-refractivity contribution in [3.05, 3.63) is 28.0 Å². The molecule has 0 radical (unpaired) electrons. The average molecular weight is 335 g/mol. The number of carbonyl (C=O) groups excluding carboxylic acids is 1. The molecule has 2 amide bonds. The Bertz CT molecular complexity index is 668. The van der Waals surface area contributed by atoms with E-state index in [-0.39, 0.29) is 6.03 Å². The van der Waals surface area contributed by atoms with Crippen LogP contribution in [0.25, 0.3) is 0 Å². The van der Waals surface area contributed by atoms with Crippen LogP contribution >= 0.6 is 11.3 Å². The van der Waals surface area contributed by atoms with Crippen LogP contribution in [-0.2, 0) is 6.54 Å². The Labute approximate surface area is 139 Å². The van der Waals surface area contributed by atoms with Crippen LogP contribution in [0, 0.1) is 13.8 Å². The zero-order chi connectivity index (χ0) is 16.2. The van der Waals surface area contributed by atoms with Crippen molar-refractivity contribution < 1.29 is 9.32 Å². The van der Waals surface area contributed by atoms with Gasteiger partial charge in [0.2, 0.25) is 0 Å². The summed E-state index contributed by atoms with van der Waals surface area (Å²) in [6.45, 7) is 7.97. The molecular weight excluding hydrogens is 314 g/mol. The number of thiazole rings is 1. The molecule has 1 saturated heterocycles. The maximum absolute atomic E-state index is 12.4. The first-order chi connectivity index (χ1) is 11.1. The van der Waals surface area contributed by atoms with Gasteiger partial charge in [-0.15, -0.1) is 11.3 Å². The van der Waals surface area contributed by atoms with Crippen molar-refractivity contribution in [1.82, 2.24) is 19.9 Å². The fraction of sp³-hybridized carbons (Fsp3) is 0.533. The number of hydrogen-bond acceptors (Lipinski definition) is 6. The van der Waals surface area contributed by atoms with Crippen LogP contribution in [0.2, 0.25) is 0 Å². The van der Waals surface area contributed by atoms with Crippen molar-refractivity contribution in [2.24, 2.45) is 0 Å². The molecule has 0 aliphatic carbocycles. The molecule has 124 valence electrons. The summed E-state index contributed by atoms with van der Waals surface area (Å²) in [4.78, 5) is 21.1. The van der Waals surface area contributed by atoms with Gasteiger partial charge in [-0.2, -0.15) is 0 Å². The lowest BCUT2D eigenvalue weighted by Crippen LogP contribution is -2.38. The summed E-state index contributed by atoms with van der Waals surface area (Å²) in [5.41, 5.74) is 2.44. The molecule has 8 heteroatoms. The van der Waals surface area contributed by atoms with E-state index in [9.17, 15) is 4.79 Å². The number of nitrogens with zero attached hydrogens (tertiary/aromatic N) is 4. The van der Waals surface area contributed by atoms with E-state index < -0.39 is 0 Å². The lowest BCUT2D eigenvalue weighted by Gasteiger charge is -2.21. The van der Waals surface area contributed by atoms with Gasteiger partial charge < -0.3 is 14.7 Å². The van der Waals surface area contributed by atoms with E-state index in [4.69, 9.17) is 4.52 Å². The fourth-order valence-electron chi connectivity index (χ4n) is 2.65.